The van der Waals surface area contributed by atoms with Gasteiger partial charge >= 0.3 is 0 Å². The molecule has 9 heteroatoms. The molecule has 0 spiro atoms. The van der Waals surface area contributed by atoms with Crippen LogP contribution in [0.5, 0.6) is 0 Å². The van der Waals surface area contributed by atoms with Crippen LogP contribution in [0.1, 0.15) is 51.3 Å². The number of piperidine rings is 1. The van der Waals surface area contributed by atoms with Gasteiger partial charge in [-0.3, -0.25) is 24.4 Å². The van der Waals surface area contributed by atoms with Crippen LogP contribution in [0.4, 0.5) is 0 Å². The minimum Gasteiger partial charge on any atom is -0.322 e. The highest BCUT2D eigenvalue weighted by molar-refractivity contribution is 6.05. The van der Waals surface area contributed by atoms with Crippen LogP contribution in [0, 0.1) is 6.92 Å². The Hall–Kier alpha value is -3.04. The van der Waals surface area contributed by atoms with Crippen LogP contribution in [0.25, 0.3) is 0 Å². The Kier molecular flexibility index (Phi) is 5.07. The van der Waals surface area contributed by atoms with Gasteiger partial charge in [-0.2, -0.15) is 5.10 Å². The lowest BCUT2D eigenvalue weighted by atomic mass is 10.0. The van der Waals surface area contributed by atoms with E-state index in [4.69, 9.17) is 0 Å². The first-order valence-electron chi connectivity index (χ1n) is 10.7. The highest BCUT2D eigenvalue weighted by Crippen LogP contribution is 2.30. The van der Waals surface area contributed by atoms with Crippen LogP contribution in [0.15, 0.2) is 18.2 Å². The van der Waals surface area contributed by atoms with Gasteiger partial charge in [0.05, 0.1) is 17.9 Å². The summed E-state index contributed by atoms with van der Waals surface area (Å²) in [6.45, 7) is 6.29. The fraction of sp³-hybridized carbons (Fsp3) is 0.455. The van der Waals surface area contributed by atoms with Gasteiger partial charge in [0.15, 0.2) is 0 Å². The molecule has 1 saturated heterocycles. The third-order valence-electron chi connectivity index (χ3n) is 6.42. The quantitative estimate of drug-likeness (QED) is 0.600. The number of carbonyl (C=O) groups excluding carboxylic acids is 3. The molecule has 2 aromatic rings. The molecule has 0 bridgehead atoms. The van der Waals surface area contributed by atoms with Crippen molar-refractivity contribution in [3.8, 4) is 0 Å². The average molecular weight is 422 g/mol. The molecule has 0 saturated carbocycles. The third kappa shape index (κ3) is 3.53. The first-order chi connectivity index (χ1) is 15.0. The summed E-state index contributed by atoms with van der Waals surface area (Å²) in [6.07, 6.45) is 0.632. The van der Waals surface area contributed by atoms with Gasteiger partial charge in [0.1, 0.15) is 6.04 Å². The zero-order valence-corrected chi connectivity index (χ0v) is 17.5. The Labute approximate surface area is 180 Å². The van der Waals surface area contributed by atoms with Crippen molar-refractivity contribution in [1.82, 2.24) is 30.6 Å². The van der Waals surface area contributed by atoms with Crippen LogP contribution < -0.4 is 16.0 Å². The molecule has 1 aromatic carbocycles. The Morgan fingerprint density at radius 2 is 2.10 bits per heavy atom. The van der Waals surface area contributed by atoms with Crippen LogP contribution in [0.2, 0.25) is 0 Å². The predicted molar refractivity (Wildman–Crippen MR) is 112 cm³/mol. The zero-order chi connectivity index (χ0) is 21.5. The lowest BCUT2D eigenvalue weighted by Gasteiger charge is -2.29. The highest BCUT2D eigenvalue weighted by Gasteiger charge is 2.39. The van der Waals surface area contributed by atoms with Crippen molar-refractivity contribution < 1.29 is 14.4 Å². The Morgan fingerprint density at radius 1 is 1.23 bits per heavy atom. The van der Waals surface area contributed by atoms with Crippen LogP contribution in [0.3, 0.4) is 0 Å². The number of carbonyl (C=O) groups is 3. The summed E-state index contributed by atoms with van der Waals surface area (Å²) in [5, 5.41) is 13.9. The van der Waals surface area contributed by atoms with Gasteiger partial charge in [-0.1, -0.05) is 18.2 Å². The molecule has 0 radical (unpaired) electrons. The largest absolute Gasteiger partial charge is 0.322 e. The van der Waals surface area contributed by atoms with E-state index >= 15 is 0 Å². The number of fused-ring (bicyclic) bond motifs is 2. The molecule has 1 fully saturated rings. The molecule has 3 aliphatic heterocycles. The number of hydrogen-bond acceptors (Lipinski definition) is 6. The minimum absolute atomic E-state index is 0.134. The van der Waals surface area contributed by atoms with Crippen molar-refractivity contribution in [3.63, 3.8) is 0 Å². The lowest BCUT2D eigenvalue weighted by molar-refractivity contribution is -0.136. The van der Waals surface area contributed by atoms with Gasteiger partial charge in [-0.25, -0.2) is 0 Å². The maximum atomic E-state index is 13.2. The van der Waals surface area contributed by atoms with Crippen LogP contribution in [-0.4, -0.2) is 45.0 Å². The smallest absolute Gasteiger partial charge is 0.255 e. The summed E-state index contributed by atoms with van der Waals surface area (Å²) in [7, 11) is 0. The normalized spacial score (nSPS) is 20.6. The molecule has 3 amide bonds. The number of amides is 3. The number of aromatic nitrogens is 2. The molecule has 1 unspecified atom stereocenters. The van der Waals surface area contributed by atoms with Crippen molar-refractivity contribution in [3.05, 3.63) is 51.8 Å². The van der Waals surface area contributed by atoms with Crippen molar-refractivity contribution in [2.24, 2.45) is 0 Å². The molecule has 5 rings (SSSR count). The fourth-order valence-electron chi connectivity index (χ4n) is 4.83. The molecule has 162 valence electrons. The number of benzene rings is 1. The first-order valence-corrected chi connectivity index (χ1v) is 10.7. The highest BCUT2D eigenvalue weighted by atomic mass is 16.2. The van der Waals surface area contributed by atoms with Crippen molar-refractivity contribution in [2.45, 2.75) is 58.5 Å². The molecular formula is C22H26N6O3. The summed E-state index contributed by atoms with van der Waals surface area (Å²) in [5.41, 5.74) is 5.98. The average Bonchev–Trinajstić information content (AvgIpc) is 3.25. The molecule has 0 aliphatic carbocycles. The molecule has 3 N–H and O–H groups in total. The second-order valence-electron chi connectivity index (χ2n) is 8.37. The van der Waals surface area contributed by atoms with Gasteiger partial charge in [0.25, 0.3) is 5.91 Å². The van der Waals surface area contributed by atoms with E-state index in [1.54, 1.807) is 4.90 Å². The minimum atomic E-state index is -0.590. The van der Waals surface area contributed by atoms with Crippen LogP contribution in [-0.2, 0) is 42.3 Å². The van der Waals surface area contributed by atoms with E-state index in [0.29, 0.717) is 31.6 Å². The SMILES string of the molecule is Cc1nn2c(c1CNCc1cccc3c1C(=O)N(C1CCC(=O)NC1=O)C3)CNCC2. The van der Waals surface area contributed by atoms with Gasteiger partial charge in [-0.05, 0) is 24.5 Å². The number of nitrogens with zero attached hydrogens (tertiary/aromatic N) is 3. The molecule has 1 aromatic heterocycles. The summed E-state index contributed by atoms with van der Waals surface area (Å²) in [6, 6.07) is 5.26. The van der Waals surface area contributed by atoms with Gasteiger partial charge in [0.2, 0.25) is 11.8 Å². The van der Waals surface area contributed by atoms with E-state index in [0.717, 1.165) is 36.5 Å². The molecule has 9 nitrogen and oxygen atoms in total. The lowest BCUT2D eigenvalue weighted by Crippen LogP contribution is -2.52. The van der Waals surface area contributed by atoms with E-state index in [2.05, 4.69) is 25.7 Å². The first kappa shape index (κ1) is 19.9. The molecule has 31 heavy (non-hydrogen) atoms. The van der Waals surface area contributed by atoms with E-state index < -0.39 is 6.04 Å². The topological polar surface area (TPSA) is 108 Å². The Bertz CT molecular complexity index is 1080. The van der Waals surface area contributed by atoms with Gasteiger partial charge in [0, 0.05) is 50.3 Å². The fourth-order valence-corrected chi connectivity index (χ4v) is 4.83. The zero-order valence-electron chi connectivity index (χ0n) is 17.5. The summed E-state index contributed by atoms with van der Waals surface area (Å²) < 4.78 is 2.07. The number of rotatable bonds is 5. The Balaban J connectivity index is 1.30. The van der Waals surface area contributed by atoms with Crippen molar-refractivity contribution in [2.75, 3.05) is 6.54 Å². The monoisotopic (exact) mass is 422 g/mol. The Morgan fingerprint density at radius 3 is 2.94 bits per heavy atom. The van der Waals surface area contributed by atoms with E-state index in [1.165, 1.54) is 11.3 Å². The maximum absolute atomic E-state index is 13.2. The number of aryl methyl sites for hydroxylation is 1. The van der Waals surface area contributed by atoms with Crippen molar-refractivity contribution in [1.29, 1.82) is 0 Å². The molecule has 4 heterocycles. The van der Waals surface area contributed by atoms with E-state index in [9.17, 15) is 14.4 Å². The van der Waals surface area contributed by atoms with Crippen LogP contribution >= 0.6 is 0 Å². The number of nitrogens with one attached hydrogen (secondary N) is 3. The maximum Gasteiger partial charge on any atom is 0.255 e. The summed E-state index contributed by atoms with van der Waals surface area (Å²) in [5.74, 6) is -0.791. The molecular weight excluding hydrogens is 396 g/mol. The van der Waals surface area contributed by atoms with Crippen molar-refractivity contribution >= 4 is 17.7 Å². The number of hydrogen-bond donors (Lipinski definition) is 3. The summed E-state index contributed by atoms with van der Waals surface area (Å²) in [4.78, 5) is 38.5. The number of imide groups is 1. The van der Waals surface area contributed by atoms with Gasteiger partial charge < -0.3 is 15.5 Å². The standard InChI is InChI=1S/C22H26N6O3/c1-13-16(18-11-23-7-8-28(18)26-13)10-24-9-14-3-2-4-15-12-27(22(31)20(14)15)17-5-6-19(29)25-21(17)30/h2-4,17,23-24H,5-12H2,1H3,(H,25,29,30). The molecule has 3 aliphatic rings. The van der Waals surface area contributed by atoms with E-state index in [-0.39, 0.29) is 24.1 Å². The second kappa shape index (κ2) is 7.90. The van der Waals surface area contributed by atoms with Gasteiger partial charge in [-0.15, -0.1) is 0 Å². The second-order valence-corrected chi connectivity index (χ2v) is 8.37. The third-order valence-corrected chi connectivity index (χ3v) is 6.42. The predicted octanol–water partition coefficient (Wildman–Crippen LogP) is 0.346. The summed E-state index contributed by atoms with van der Waals surface area (Å²) >= 11 is 0. The molecule has 1 atom stereocenters. The van der Waals surface area contributed by atoms with E-state index in [1.807, 2.05) is 25.1 Å².